The van der Waals surface area contributed by atoms with Crippen molar-refractivity contribution >= 4 is 19.8 Å². The molecule has 9 nitrogen and oxygen atoms in total. The van der Waals surface area contributed by atoms with Crippen LogP contribution >= 0.6 is 7.82 Å². The van der Waals surface area contributed by atoms with E-state index in [9.17, 15) is 19.0 Å². The van der Waals surface area contributed by atoms with Gasteiger partial charge in [-0.05, 0) is 51.4 Å². The van der Waals surface area contributed by atoms with E-state index in [1.807, 2.05) is 21.1 Å². The third kappa shape index (κ3) is 79.2. The molecular formula is C84H163NO8P+. The smallest absolute Gasteiger partial charge is 0.462 e. The summed E-state index contributed by atoms with van der Waals surface area (Å²) < 4.78 is 34.9. The Hall–Kier alpha value is -1.77. The lowest BCUT2D eigenvalue weighted by molar-refractivity contribution is -0.870. The largest absolute Gasteiger partial charge is 0.472 e. The Morgan fingerprint density at radius 3 is 0.851 bits per heavy atom. The highest BCUT2D eigenvalue weighted by atomic mass is 31.2. The van der Waals surface area contributed by atoms with Gasteiger partial charge in [-0.2, -0.15) is 0 Å². The Balaban J connectivity index is 3.86. The summed E-state index contributed by atoms with van der Waals surface area (Å²) in [5.41, 5.74) is 0. The minimum atomic E-state index is -4.39. The molecule has 0 heterocycles. The topological polar surface area (TPSA) is 108 Å². The summed E-state index contributed by atoms with van der Waals surface area (Å²) in [6.07, 6.45) is 98.9. The first-order valence-corrected chi connectivity index (χ1v) is 43.2. The highest BCUT2D eigenvalue weighted by Crippen LogP contribution is 2.43. The Morgan fingerprint density at radius 1 is 0.330 bits per heavy atom. The highest BCUT2D eigenvalue weighted by molar-refractivity contribution is 7.47. The maximum absolute atomic E-state index is 12.9. The van der Waals surface area contributed by atoms with Crippen LogP contribution in [-0.2, 0) is 32.7 Å². The van der Waals surface area contributed by atoms with E-state index in [-0.39, 0.29) is 25.6 Å². The van der Waals surface area contributed by atoms with Crippen molar-refractivity contribution in [1.82, 2.24) is 0 Å². The number of likely N-dealkylation sites (N-methyl/N-ethyl adjacent to an activating group) is 1. The maximum atomic E-state index is 12.9. The summed E-state index contributed by atoms with van der Waals surface area (Å²) in [7, 11) is 1.51. The number of allylic oxidation sites excluding steroid dienone is 6. The Kier molecular flexibility index (Phi) is 74.0. The van der Waals surface area contributed by atoms with Gasteiger partial charge >= 0.3 is 19.8 Å². The lowest BCUT2D eigenvalue weighted by atomic mass is 10.0. The number of carbonyl (C=O) groups is 2. The fourth-order valence-electron chi connectivity index (χ4n) is 12.8. The van der Waals surface area contributed by atoms with Crippen molar-refractivity contribution in [3.05, 3.63) is 36.5 Å². The van der Waals surface area contributed by atoms with Crippen LogP contribution in [-0.4, -0.2) is 74.9 Å². The number of hydrogen-bond acceptors (Lipinski definition) is 7. The van der Waals surface area contributed by atoms with Crippen LogP contribution in [0.15, 0.2) is 36.5 Å². The predicted molar refractivity (Wildman–Crippen MR) is 409 cm³/mol. The molecule has 0 aromatic carbocycles. The Labute approximate surface area is 586 Å². The van der Waals surface area contributed by atoms with Crippen molar-refractivity contribution < 1.29 is 42.1 Å². The second-order valence-corrected chi connectivity index (χ2v) is 31.3. The number of rotatable bonds is 79. The van der Waals surface area contributed by atoms with E-state index < -0.39 is 26.5 Å². The molecule has 0 amide bonds. The number of ether oxygens (including phenoxy) is 2. The molecule has 0 aliphatic rings. The Morgan fingerprint density at radius 2 is 0.574 bits per heavy atom. The van der Waals surface area contributed by atoms with E-state index in [0.717, 1.165) is 51.4 Å². The monoisotopic (exact) mass is 1350 g/mol. The quantitative estimate of drug-likeness (QED) is 0.0211. The van der Waals surface area contributed by atoms with Crippen molar-refractivity contribution in [2.45, 2.75) is 444 Å². The molecule has 94 heavy (non-hydrogen) atoms. The molecule has 0 fully saturated rings. The summed E-state index contributed by atoms with van der Waals surface area (Å²) in [6.45, 7) is 4.51. The minimum Gasteiger partial charge on any atom is -0.462 e. The number of quaternary nitrogens is 1. The number of carbonyl (C=O) groups excluding carboxylic acids is 2. The van der Waals surface area contributed by atoms with Crippen LogP contribution < -0.4 is 0 Å². The van der Waals surface area contributed by atoms with Crippen molar-refractivity contribution in [2.75, 3.05) is 47.5 Å². The van der Waals surface area contributed by atoms with Gasteiger partial charge in [-0.3, -0.25) is 18.6 Å². The zero-order chi connectivity index (χ0) is 68.3. The van der Waals surface area contributed by atoms with Gasteiger partial charge in [0.25, 0.3) is 0 Å². The lowest BCUT2D eigenvalue weighted by Gasteiger charge is -2.24. The zero-order valence-electron chi connectivity index (χ0n) is 63.7. The molecule has 2 unspecified atom stereocenters. The van der Waals surface area contributed by atoms with Gasteiger partial charge < -0.3 is 18.9 Å². The number of phosphoric acid groups is 1. The molecule has 0 bridgehead atoms. The molecule has 0 saturated carbocycles. The van der Waals surface area contributed by atoms with Gasteiger partial charge in [0.1, 0.15) is 19.8 Å². The summed E-state index contributed by atoms with van der Waals surface area (Å²) in [4.78, 5) is 36.0. The summed E-state index contributed by atoms with van der Waals surface area (Å²) in [5.74, 6) is -0.768. The van der Waals surface area contributed by atoms with Crippen molar-refractivity contribution in [2.24, 2.45) is 0 Å². The molecule has 0 aromatic heterocycles. The van der Waals surface area contributed by atoms with E-state index in [0.29, 0.717) is 17.4 Å². The molecule has 0 aliphatic carbocycles. The second kappa shape index (κ2) is 75.4. The number of unbranched alkanes of at least 4 members (excludes halogenated alkanes) is 59. The van der Waals surface area contributed by atoms with Gasteiger partial charge in [-0.15, -0.1) is 0 Å². The molecular weight excluding hydrogens is 1180 g/mol. The summed E-state index contributed by atoms with van der Waals surface area (Å²) in [6, 6.07) is 0. The van der Waals surface area contributed by atoms with Crippen LogP contribution in [0.25, 0.3) is 0 Å². The third-order valence-corrected chi connectivity index (χ3v) is 20.2. The fourth-order valence-corrected chi connectivity index (χ4v) is 13.5. The van der Waals surface area contributed by atoms with Crippen molar-refractivity contribution in [3.63, 3.8) is 0 Å². The van der Waals surface area contributed by atoms with Gasteiger partial charge in [0.2, 0.25) is 0 Å². The van der Waals surface area contributed by atoms with Gasteiger partial charge in [0, 0.05) is 12.8 Å². The van der Waals surface area contributed by atoms with E-state index in [1.165, 1.54) is 360 Å². The van der Waals surface area contributed by atoms with E-state index >= 15 is 0 Å². The van der Waals surface area contributed by atoms with Gasteiger partial charge in [-0.25, -0.2) is 4.57 Å². The average molecular weight is 1350 g/mol. The standard InChI is InChI=1S/C84H162NO8P/c1-6-8-10-12-14-16-18-20-22-24-26-28-30-32-34-36-37-38-39-40-41-42-43-44-45-46-47-49-51-53-55-57-59-61-63-65-67-69-71-73-75-77-84(87)93-82(81-92-94(88,89)91-79-78-85(3,4)5)80-90-83(86)76-74-72-70-68-66-64-62-60-58-56-54-52-50-48-35-33-31-29-27-25-23-21-19-17-15-13-11-9-7-2/h18,20,24,26,30,32,82H,6-17,19,21-23,25,27-29,31,33-81H2,1-5H3/p+1/b20-18-,26-24-,32-30-. The first-order valence-electron chi connectivity index (χ1n) is 41.7. The lowest BCUT2D eigenvalue weighted by Crippen LogP contribution is -2.37. The van der Waals surface area contributed by atoms with Crippen LogP contribution in [0.4, 0.5) is 0 Å². The molecule has 0 spiro atoms. The normalized spacial score (nSPS) is 13.1. The van der Waals surface area contributed by atoms with Gasteiger partial charge in [0.05, 0.1) is 27.7 Å². The van der Waals surface area contributed by atoms with E-state index in [1.54, 1.807) is 0 Å². The molecule has 0 saturated heterocycles. The van der Waals surface area contributed by atoms with Gasteiger partial charge in [0.15, 0.2) is 6.10 Å². The summed E-state index contributed by atoms with van der Waals surface area (Å²) in [5, 5.41) is 0. The molecule has 0 aromatic rings. The van der Waals surface area contributed by atoms with Crippen LogP contribution in [0.2, 0.25) is 0 Å². The molecule has 10 heteroatoms. The predicted octanol–water partition coefficient (Wildman–Crippen LogP) is 27.7. The first kappa shape index (κ1) is 92.2. The first-order chi connectivity index (χ1) is 46.0. The van der Waals surface area contributed by atoms with Gasteiger partial charge in [-0.1, -0.05) is 410 Å². The van der Waals surface area contributed by atoms with E-state index in [2.05, 4.69) is 50.3 Å². The minimum absolute atomic E-state index is 0.0361. The van der Waals surface area contributed by atoms with Crippen LogP contribution in [0.3, 0.4) is 0 Å². The number of hydrogen-bond donors (Lipinski definition) is 1. The maximum Gasteiger partial charge on any atom is 0.472 e. The molecule has 0 aliphatic heterocycles. The second-order valence-electron chi connectivity index (χ2n) is 29.9. The average Bonchev–Trinajstić information content (AvgIpc) is 1.57. The van der Waals surface area contributed by atoms with E-state index in [4.69, 9.17) is 18.5 Å². The zero-order valence-corrected chi connectivity index (χ0v) is 64.6. The fraction of sp³-hybridized carbons (Fsp3) is 0.905. The SMILES string of the molecule is CCCCCCC/C=C\C/C=C\C/C=C\CCCCCCCCCCCCCCCCCCCCCCCCCCCCC(=O)OC(COC(=O)CCCCCCCCCCCCCCCCCCCCCCCCCCCCCCC)COP(=O)(O)OCC[N+](C)(C)C. The number of phosphoric ester groups is 1. The van der Waals surface area contributed by atoms with Crippen LogP contribution in [0.1, 0.15) is 438 Å². The third-order valence-electron chi connectivity index (χ3n) is 19.2. The molecule has 2 atom stereocenters. The molecule has 0 rings (SSSR count). The number of esters is 2. The molecule has 0 radical (unpaired) electrons. The Bertz CT molecular complexity index is 1680. The van der Waals surface area contributed by atoms with Crippen molar-refractivity contribution in [1.29, 1.82) is 0 Å². The van der Waals surface area contributed by atoms with Crippen molar-refractivity contribution in [3.8, 4) is 0 Å². The summed E-state index contributed by atoms with van der Waals surface area (Å²) >= 11 is 0. The highest BCUT2D eigenvalue weighted by Gasteiger charge is 2.27. The molecule has 556 valence electrons. The van der Waals surface area contributed by atoms with Crippen LogP contribution in [0.5, 0.6) is 0 Å². The van der Waals surface area contributed by atoms with Crippen LogP contribution in [0, 0.1) is 0 Å². The number of nitrogens with zero attached hydrogens (tertiary/aromatic N) is 1. The molecule has 1 N–H and O–H groups in total.